The molecule has 0 N–H and O–H groups in total. The fourth-order valence-corrected chi connectivity index (χ4v) is 5.75. The lowest BCUT2D eigenvalue weighted by Crippen LogP contribution is -2.45. The summed E-state index contributed by atoms with van der Waals surface area (Å²) in [5.41, 5.74) is 1.58. The molecule has 19 heavy (non-hydrogen) atoms. The zero-order chi connectivity index (χ0) is 12.7. The van der Waals surface area contributed by atoms with Gasteiger partial charge in [0.2, 0.25) is 0 Å². The average molecular weight is 273 g/mol. The Morgan fingerprint density at radius 2 is 2.00 bits per heavy atom. The molecule has 102 valence electrons. The van der Waals surface area contributed by atoms with E-state index in [1.165, 1.54) is 56.5 Å². The maximum atomic E-state index is 2.84. The van der Waals surface area contributed by atoms with Gasteiger partial charge in [-0.15, -0.1) is 11.8 Å². The van der Waals surface area contributed by atoms with Crippen molar-refractivity contribution in [1.82, 2.24) is 4.90 Å². The molecule has 1 nitrogen and oxygen atoms in total. The molecule has 1 aromatic rings. The van der Waals surface area contributed by atoms with Gasteiger partial charge >= 0.3 is 0 Å². The Bertz CT molecular complexity index is 433. The van der Waals surface area contributed by atoms with Crippen LogP contribution in [0, 0.1) is 5.92 Å². The van der Waals surface area contributed by atoms with Gasteiger partial charge in [0.05, 0.1) is 0 Å². The fourth-order valence-electron chi connectivity index (χ4n) is 4.40. The quantitative estimate of drug-likeness (QED) is 0.802. The van der Waals surface area contributed by atoms with Crippen LogP contribution >= 0.6 is 11.8 Å². The van der Waals surface area contributed by atoms with Crippen LogP contribution in [0.3, 0.4) is 0 Å². The monoisotopic (exact) mass is 273 g/mol. The van der Waals surface area contributed by atoms with E-state index in [0.29, 0.717) is 0 Å². The maximum Gasteiger partial charge on any atom is 0.0263 e. The summed E-state index contributed by atoms with van der Waals surface area (Å²) in [6, 6.07) is 9.92. The number of piperidine rings is 1. The van der Waals surface area contributed by atoms with Crippen LogP contribution < -0.4 is 0 Å². The van der Waals surface area contributed by atoms with Crippen molar-refractivity contribution in [1.29, 1.82) is 0 Å². The zero-order valence-corrected chi connectivity index (χ0v) is 12.4. The molecular formula is C17H23NS. The van der Waals surface area contributed by atoms with Gasteiger partial charge in [0.1, 0.15) is 0 Å². The van der Waals surface area contributed by atoms with Crippen LogP contribution in [-0.2, 0) is 6.42 Å². The molecule has 1 aromatic carbocycles. The van der Waals surface area contributed by atoms with Crippen molar-refractivity contribution >= 4 is 11.8 Å². The first-order valence-corrected chi connectivity index (χ1v) is 8.77. The number of rotatable bonds is 2. The van der Waals surface area contributed by atoms with E-state index in [0.717, 1.165) is 17.2 Å². The van der Waals surface area contributed by atoms with E-state index < -0.39 is 0 Å². The number of nitrogens with zero attached hydrogens (tertiary/aromatic N) is 1. The standard InChI is InChI=1S/C17H23NS/c1-2-9-17-14(5-1)11-15(19-17)12-18-10-4-7-13-6-3-8-16(13)18/h1-2,5,9,13,15-16H,3-4,6-8,10-12H2. The minimum atomic E-state index is 0.803. The van der Waals surface area contributed by atoms with E-state index in [9.17, 15) is 0 Å². The molecule has 1 saturated carbocycles. The average Bonchev–Trinajstić information content (AvgIpc) is 3.04. The van der Waals surface area contributed by atoms with Gasteiger partial charge in [-0.25, -0.2) is 0 Å². The first-order chi connectivity index (χ1) is 9.40. The van der Waals surface area contributed by atoms with Gasteiger partial charge in [-0.2, -0.15) is 0 Å². The molecule has 3 unspecified atom stereocenters. The predicted octanol–water partition coefficient (Wildman–Crippen LogP) is 3.97. The summed E-state index contributed by atoms with van der Waals surface area (Å²) in [7, 11) is 0. The van der Waals surface area contributed by atoms with Crippen molar-refractivity contribution in [2.75, 3.05) is 13.1 Å². The number of likely N-dealkylation sites (tertiary alicyclic amines) is 1. The van der Waals surface area contributed by atoms with Crippen LogP contribution in [0.4, 0.5) is 0 Å². The highest BCUT2D eigenvalue weighted by molar-refractivity contribution is 8.00. The lowest BCUT2D eigenvalue weighted by atomic mass is 9.91. The molecule has 0 amide bonds. The van der Waals surface area contributed by atoms with Crippen LogP contribution in [0.25, 0.3) is 0 Å². The second kappa shape index (κ2) is 5.14. The van der Waals surface area contributed by atoms with E-state index in [1.54, 1.807) is 5.56 Å². The second-order valence-corrected chi connectivity index (χ2v) is 7.79. The molecular weight excluding hydrogens is 250 g/mol. The minimum absolute atomic E-state index is 0.803. The Kier molecular flexibility index (Phi) is 3.32. The second-order valence-electron chi connectivity index (χ2n) is 6.45. The van der Waals surface area contributed by atoms with Gasteiger partial charge in [0.25, 0.3) is 0 Å². The van der Waals surface area contributed by atoms with Crippen molar-refractivity contribution < 1.29 is 0 Å². The van der Waals surface area contributed by atoms with E-state index in [4.69, 9.17) is 0 Å². The van der Waals surface area contributed by atoms with E-state index in [2.05, 4.69) is 40.9 Å². The first kappa shape index (κ1) is 12.3. The van der Waals surface area contributed by atoms with Gasteiger partial charge in [0, 0.05) is 22.7 Å². The molecule has 3 aliphatic rings. The summed E-state index contributed by atoms with van der Waals surface area (Å²) >= 11 is 2.12. The Labute approximate surface area is 120 Å². The number of fused-ring (bicyclic) bond motifs is 2. The lowest BCUT2D eigenvalue weighted by Gasteiger charge is -2.39. The van der Waals surface area contributed by atoms with E-state index >= 15 is 0 Å². The molecule has 2 heteroatoms. The first-order valence-electron chi connectivity index (χ1n) is 7.89. The van der Waals surface area contributed by atoms with Crippen LogP contribution in [-0.4, -0.2) is 29.3 Å². The Balaban J connectivity index is 1.43. The van der Waals surface area contributed by atoms with Crippen LogP contribution in [0.5, 0.6) is 0 Å². The smallest absolute Gasteiger partial charge is 0.0263 e. The van der Waals surface area contributed by atoms with E-state index in [1.807, 2.05) is 0 Å². The van der Waals surface area contributed by atoms with Crippen molar-refractivity contribution in [3.05, 3.63) is 29.8 Å². The predicted molar refractivity (Wildman–Crippen MR) is 81.7 cm³/mol. The zero-order valence-electron chi connectivity index (χ0n) is 11.6. The Morgan fingerprint density at radius 3 is 2.95 bits per heavy atom. The third-order valence-electron chi connectivity index (χ3n) is 5.26. The van der Waals surface area contributed by atoms with Gasteiger partial charge < -0.3 is 0 Å². The molecule has 0 spiro atoms. The normalized spacial score (nSPS) is 34.2. The molecule has 4 rings (SSSR count). The summed E-state index contributed by atoms with van der Waals surface area (Å²) in [5, 5.41) is 0.803. The highest BCUT2D eigenvalue weighted by Crippen LogP contribution is 2.40. The summed E-state index contributed by atoms with van der Waals surface area (Å²) in [5.74, 6) is 1.03. The molecule has 2 fully saturated rings. The fraction of sp³-hybridized carbons (Fsp3) is 0.647. The molecule has 0 aromatic heterocycles. The number of hydrogen-bond acceptors (Lipinski definition) is 2. The number of thioether (sulfide) groups is 1. The van der Waals surface area contributed by atoms with Gasteiger partial charge in [-0.3, -0.25) is 4.90 Å². The summed E-state index contributed by atoms with van der Waals surface area (Å²) in [6.45, 7) is 2.68. The summed E-state index contributed by atoms with van der Waals surface area (Å²) in [6.07, 6.45) is 8.66. The van der Waals surface area contributed by atoms with Gasteiger partial charge in [-0.05, 0) is 56.2 Å². The molecule has 2 heterocycles. The topological polar surface area (TPSA) is 3.24 Å². The third-order valence-corrected chi connectivity index (χ3v) is 6.56. The van der Waals surface area contributed by atoms with Crippen molar-refractivity contribution in [3.63, 3.8) is 0 Å². The van der Waals surface area contributed by atoms with Crippen LogP contribution in [0.15, 0.2) is 29.2 Å². The van der Waals surface area contributed by atoms with Crippen molar-refractivity contribution in [3.8, 4) is 0 Å². The van der Waals surface area contributed by atoms with Crippen LogP contribution in [0.2, 0.25) is 0 Å². The lowest BCUT2D eigenvalue weighted by molar-refractivity contribution is 0.114. The summed E-state index contributed by atoms with van der Waals surface area (Å²) < 4.78 is 0. The minimum Gasteiger partial charge on any atom is -0.299 e. The van der Waals surface area contributed by atoms with Gasteiger partial charge in [0.15, 0.2) is 0 Å². The largest absolute Gasteiger partial charge is 0.299 e. The molecule has 2 aliphatic heterocycles. The van der Waals surface area contributed by atoms with Gasteiger partial charge in [-0.1, -0.05) is 24.6 Å². The molecule has 1 aliphatic carbocycles. The SMILES string of the molecule is c1ccc2c(c1)CC(CN1CCCC3CCCC31)S2. The Hall–Kier alpha value is -0.470. The number of benzene rings is 1. The Morgan fingerprint density at radius 1 is 1.11 bits per heavy atom. The summed E-state index contributed by atoms with van der Waals surface area (Å²) in [4.78, 5) is 4.37. The highest BCUT2D eigenvalue weighted by atomic mass is 32.2. The number of hydrogen-bond donors (Lipinski definition) is 0. The third kappa shape index (κ3) is 2.34. The molecule has 0 bridgehead atoms. The van der Waals surface area contributed by atoms with Crippen molar-refractivity contribution in [2.45, 2.75) is 54.7 Å². The highest BCUT2D eigenvalue weighted by Gasteiger charge is 2.36. The van der Waals surface area contributed by atoms with Crippen LogP contribution in [0.1, 0.15) is 37.7 Å². The van der Waals surface area contributed by atoms with E-state index in [-0.39, 0.29) is 0 Å². The molecule has 1 saturated heterocycles. The molecule has 0 radical (unpaired) electrons. The molecule has 3 atom stereocenters. The maximum absolute atomic E-state index is 2.84. The van der Waals surface area contributed by atoms with Crippen molar-refractivity contribution in [2.24, 2.45) is 5.92 Å².